The Labute approximate surface area is 118 Å². The van der Waals surface area contributed by atoms with Crippen LogP contribution in [-0.4, -0.2) is 28.4 Å². The van der Waals surface area contributed by atoms with Crippen molar-refractivity contribution in [2.24, 2.45) is 0 Å². The fourth-order valence-corrected chi connectivity index (χ4v) is 2.42. The molecule has 1 aromatic heterocycles. The lowest BCUT2D eigenvalue weighted by Gasteiger charge is -2.24. The fourth-order valence-electron chi connectivity index (χ4n) is 2.16. The molecule has 0 bridgehead atoms. The number of nitrogens with zero attached hydrogens (tertiary/aromatic N) is 2. The summed E-state index contributed by atoms with van der Waals surface area (Å²) in [5, 5.41) is 2.18. The number of hydrogen-bond donors (Lipinski definition) is 0. The average molecular weight is 277 g/mol. The van der Waals surface area contributed by atoms with Gasteiger partial charge in [-0.25, -0.2) is 4.98 Å². The molecule has 1 amide bonds. The first-order valence-corrected chi connectivity index (χ1v) is 6.78. The summed E-state index contributed by atoms with van der Waals surface area (Å²) in [6.07, 6.45) is 0. The van der Waals surface area contributed by atoms with E-state index in [1.165, 1.54) is 0 Å². The summed E-state index contributed by atoms with van der Waals surface area (Å²) in [6, 6.07) is 9.61. The van der Waals surface area contributed by atoms with Crippen molar-refractivity contribution in [3.8, 4) is 0 Å². The van der Waals surface area contributed by atoms with Crippen LogP contribution in [0.5, 0.6) is 0 Å². The van der Waals surface area contributed by atoms with E-state index in [2.05, 4.69) is 4.98 Å². The van der Waals surface area contributed by atoms with Gasteiger partial charge in [-0.1, -0.05) is 35.9 Å². The monoisotopic (exact) mass is 276 g/mol. The van der Waals surface area contributed by atoms with Crippen molar-refractivity contribution in [2.45, 2.75) is 26.8 Å². The predicted molar refractivity (Wildman–Crippen MR) is 78.6 cm³/mol. The van der Waals surface area contributed by atoms with E-state index in [1.807, 2.05) is 45.0 Å². The van der Waals surface area contributed by atoms with Gasteiger partial charge in [0.05, 0.1) is 0 Å². The van der Waals surface area contributed by atoms with Crippen molar-refractivity contribution in [3.63, 3.8) is 0 Å². The lowest BCUT2D eigenvalue weighted by molar-refractivity contribution is 0.0711. The minimum absolute atomic E-state index is 0.0786. The molecule has 0 fully saturated rings. The summed E-state index contributed by atoms with van der Waals surface area (Å²) >= 11 is 6.15. The van der Waals surface area contributed by atoms with Gasteiger partial charge in [0.25, 0.3) is 5.91 Å². The largest absolute Gasteiger partial charge is 0.335 e. The van der Waals surface area contributed by atoms with Crippen molar-refractivity contribution < 1.29 is 4.79 Å². The lowest BCUT2D eigenvalue weighted by atomic mass is 10.1. The molecule has 0 unspecified atom stereocenters. The first kappa shape index (κ1) is 13.8. The highest BCUT2D eigenvalue weighted by Crippen LogP contribution is 2.23. The molecule has 2 aromatic rings. The van der Waals surface area contributed by atoms with E-state index < -0.39 is 0 Å². The first-order valence-electron chi connectivity index (χ1n) is 6.40. The standard InChI is InChI=1S/C15H17ClN2O/c1-4-18(10(2)3)15(19)13-9-11-7-5-6-8-12(11)14(16)17-13/h5-10H,4H2,1-3H3. The number of halogens is 1. The number of benzene rings is 1. The highest BCUT2D eigenvalue weighted by Gasteiger charge is 2.19. The number of carbonyl (C=O) groups is 1. The second kappa shape index (κ2) is 5.57. The van der Waals surface area contributed by atoms with Crippen LogP contribution in [0.4, 0.5) is 0 Å². The Morgan fingerprint density at radius 3 is 2.68 bits per heavy atom. The smallest absolute Gasteiger partial charge is 0.272 e. The Hall–Kier alpha value is -1.61. The Morgan fingerprint density at radius 1 is 1.37 bits per heavy atom. The zero-order chi connectivity index (χ0) is 14.0. The normalized spacial score (nSPS) is 11.0. The maximum Gasteiger partial charge on any atom is 0.272 e. The van der Waals surface area contributed by atoms with Gasteiger partial charge >= 0.3 is 0 Å². The van der Waals surface area contributed by atoms with Crippen molar-refractivity contribution in [2.75, 3.05) is 6.54 Å². The van der Waals surface area contributed by atoms with Crippen molar-refractivity contribution in [1.29, 1.82) is 0 Å². The van der Waals surface area contributed by atoms with Gasteiger partial charge in [-0.05, 0) is 32.2 Å². The van der Waals surface area contributed by atoms with Crippen LogP contribution >= 0.6 is 11.6 Å². The molecule has 19 heavy (non-hydrogen) atoms. The highest BCUT2D eigenvalue weighted by atomic mass is 35.5. The Bertz CT molecular complexity index is 610. The topological polar surface area (TPSA) is 33.2 Å². The van der Waals surface area contributed by atoms with Gasteiger partial charge in [-0.2, -0.15) is 0 Å². The molecule has 100 valence electrons. The van der Waals surface area contributed by atoms with Gasteiger partial charge in [-0.15, -0.1) is 0 Å². The van der Waals surface area contributed by atoms with Crippen LogP contribution in [0.2, 0.25) is 5.15 Å². The van der Waals surface area contributed by atoms with Crippen molar-refractivity contribution in [1.82, 2.24) is 9.88 Å². The van der Waals surface area contributed by atoms with Gasteiger partial charge in [0, 0.05) is 18.0 Å². The van der Waals surface area contributed by atoms with Gasteiger partial charge in [0.2, 0.25) is 0 Å². The third-order valence-corrected chi connectivity index (χ3v) is 3.43. The summed E-state index contributed by atoms with van der Waals surface area (Å²) in [4.78, 5) is 18.4. The van der Waals surface area contributed by atoms with E-state index in [-0.39, 0.29) is 11.9 Å². The van der Waals surface area contributed by atoms with Gasteiger partial charge in [-0.3, -0.25) is 4.79 Å². The van der Waals surface area contributed by atoms with Gasteiger partial charge in [0.1, 0.15) is 10.8 Å². The number of hydrogen-bond acceptors (Lipinski definition) is 2. The molecule has 0 spiro atoms. The van der Waals surface area contributed by atoms with Crippen LogP contribution in [0.15, 0.2) is 30.3 Å². The van der Waals surface area contributed by atoms with E-state index in [1.54, 1.807) is 11.0 Å². The fraction of sp³-hybridized carbons (Fsp3) is 0.333. The molecule has 2 rings (SSSR count). The summed E-state index contributed by atoms with van der Waals surface area (Å²) in [5.74, 6) is -0.0786. The molecule has 3 nitrogen and oxygen atoms in total. The lowest BCUT2D eigenvalue weighted by Crippen LogP contribution is -2.37. The Morgan fingerprint density at radius 2 is 2.05 bits per heavy atom. The molecule has 0 radical (unpaired) electrons. The quantitative estimate of drug-likeness (QED) is 0.800. The minimum atomic E-state index is -0.0786. The minimum Gasteiger partial charge on any atom is -0.335 e. The SMILES string of the molecule is CCN(C(=O)c1cc2ccccc2c(Cl)n1)C(C)C. The summed E-state index contributed by atoms with van der Waals surface area (Å²) < 4.78 is 0. The second-order valence-corrected chi connectivity index (χ2v) is 5.06. The van der Waals surface area contributed by atoms with E-state index >= 15 is 0 Å². The maximum atomic E-state index is 12.4. The Kier molecular flexibility index (Phi) is 4.05. The first-order chi connectivity index (χ1) is 9.04. The van der Waals surface area contributed by atoms with Gasteiger partial charge < -0.3 is 4.90 Å². The maximum absolute atomic E-state index is 12.4. The molecule has 4 heteroatoms. The van der Waals surface area contributed by atoms with Crippen LogP contribution in [0.25, 0.3) is 10.8 Å². The number of fused-ring (bicyclic) bond motifs is 1. The molecule has 1 aromatic carbocycles. The molecular formula is C15H17ClN2O. The molecule has 0 aliphatic rings. The number of carbonyl (C=O) groups excluding carboxylic acids is 1. The molecule has 1 heterocycles. The molecule has 0 N–H and O–H groups in total. The third-order valence-electron chi connectivity index (χ3n) is 3.14. The zero-order valence-electron chi connectivity index (χ0n) is 11.4. The highest BCUT2D eigenvalue weighted by molar-refractivity contribution is 6.34. The van der Waals surface area contributed by atoms with E-state index in [0.29, 0.717) is 17.4 Å². The average Bonchev–Trinajstić information content (AvgIpc) is 2.39. The van der Waals surface area contributed by atoms with Crippen LogP contribution in [0, 0.1) is 0 Å². The van der Waals surface area contributed by atoms with E-state index in [0.717, 1.165) is 10.8 Å². The van der Waals surface area contributed by atoms with E-state index in [4.69, 9.17) is 11.6 Å². The molecule has 0 saturated heterocycles. The number of amides is 1. The van der Waals surface area contributed by atoms with E-state index in [9.17, 15) is 4.79 Å². The molecule has 0 aliphatic carbocycles. The Balaban J connectivity index is 2.48. The van der Waals surface area contributed by atoms with Crippen molar-refractivity contribution in [3.05, 3.63) is 41.2 Å². The summed E-state index contributed by atoms with van der Waals surface area (Å²) in [7, 11) is 0. The summed E-state index contributed by atoms with van der Waals surface area (Å²) in [6.45, 7) is 6.59. The number of pyridine rings is 1. The molecular weight excluding hydrogens is 260 g/mol. The molecule has 0 atom stereocenters. The van der Waals surface area contributed by atoms with Crippen LogP contribution in [-0.2, 0) is 0 Å². The molecule has 0 saturated carbocycles. The number of rotatable bonds is 3. The van der Waals surface area contributed by atoms with Crippen LogP contribution in [0.3, 0.4) is 0 Å². The number of aromatic nitrogens is 1. The second-order valence-electron chi connectivity index (χ2n) is 4.70. The summed E-state index contributed by atoms with van der Waals surface area (Å²) in [5.41, 5.74) is 0.402. The van der Waals surface area contributed by atoms with Crippen LogP contribution < -0.4 is 0 Å². The van der Waals surface area contributed by atoms with Crippen molar-refractivity contribution >= 4 is 28.3 Å². The van der Waals surface area contributed by atoms with Gasteiger partial charge in [0.15, 0.2) is 0 Å². The molecule has 0 aliphatic heterocycles. The van der Waals surface area contributed by atoms with Crippen LogP contribution in [0.1, 0.15) is 31.3 Å². The third kappa shape index (κ3) is 2.71. The zero-order valence-corrected chi connectivity index (χ0v) is 12.1. The predicted octanol–water partition coefficient (Wildman–Crippen LogP) is 3.76.